The van der Waals surface area contributed by atoms with E-state index >= 15 is 0 Å². The van der Waals surface area contributed by atoms with Crippen LogP contribution in [-0.4, -0.2) is 18.4 Å². The number of carbonyl (C=O) groups is 2. The highest BCUT2D eigenvalue weighted by molar-refractivity contribution is 6.04. The molecule has 3 rings (SSSR count). The normalized spacial score (nSPS) is 18.3. The Hall–Kier alpha value is -2.62. The molecule has 1 fully saturated rings. The Morgan fingerprint density at radius 2 is 1.77 bits per heavy atom. The van der Waals surface area contributed by atoms with Gasteiger partial charge < -0.3 is 10.2 Å². The third kappa shape index (κ3) is 3.79. The number of hydrogen-bond donors (Lipinski definition) is 1. The molecule has 1 aliphatic carbocycles. The van der Waals surface area contributed by atoms with Crippen LogP contribution in [0.1, 0.15) is 30.0 Å². The number of benzene rings is 2. The number of anilines is 2. The van der Waals surface area contributed by atoms with E-state index in [1.807, 2.05) is 70.2 Å². The molecule has 0 heterocycles. The molecule has 4 heteroatoms. The largest absolute Gasteiger partial charge is 0.326 e. The second-order valence-corrected chi connectivity index (χ2v) is 7.18. The maximum Gasteiger partial charge on any atom is 0.230 e. The second-order valence-electron chi connectivity index (χ2n) is 7.18. The molecule has 2 atom stereocenters. The molecule has 4 nitrogen and oxygen atoms in total. The van der Waals surface area contributed by atoms with Crippen LogP contribution in [0.3, 0.4) is 0 Å². The lowest BCUT2D eigenvalue weighted by atomic mass is 10.1. The van der Waals surface area contributed by atoms with Crippen LogP contribution < -0.4 is 10.2 Å². The molecule has 26 heavy (non-hydrogen) atoms. The Morgan fingerprint density at radius 3 is 2.46 bits per heavy atom. The van der Waals surface area contributed by atoms with Crippen molar-refractivity contribution in [2.24, 2.45) is 11.8 Å². The van der Waals surface area contributed by atoms with Gasteiger partial charge in [-0.1, -0.05) is 24.3 Å². The molecule has 0 aliphatic heterocycles. The SMILES string of the molecule is CCN(C(=O)C1CC1C(=O)Nc1cc(C)ccc1C)c1cccc(C)c1. The van der Waals surface area contributed by atoms with E-state index in [9.17, 15) is 9.59 Å². The van der Waals surface area contributed by atoms with E-state index in [0.717, 1.165) is 28.1 Å². The summed E-state index contributed by atoms with van der Waals surface area (Å²) in [6, 6.07) is 13.9. The van der Waals surface area contributed by atoms with Gasteiger partial charge in [-0.3, -0.25) is 9.59 Å². The average molecular weight is 350 g/mol. The molecule has 1 N–H and O–H groups in total. The average Bonchev–Trinajstić information content (AvgIpc) is 3.40. The zero-order valence-corrected chi connectivity index (χ0v) is 15.9. The molecule has 1 aliphatic rings. The standard InChI is InChI=1S/C22H26N2O2/c1-5-24(17-8-6-7-14(2)11-17)22(26)19-13-18(19)21(25)23-20-12-15(3)9-10-16(20)4/h6-12,18-19H,5,13H2,1-4H3,(H,23,25). The number of nitrogens with zero attached hydrogens (tertiary/aromatic N) is 1. The van der Waals surface area contributed by atoms with Gasteiger partial charge in [0.1, 0.15) is 0 Å². The first kappa shape index (κ1) is 18.2. The predicted octanol–water partition coefficient (Wildman–Crippen LogP) is 4.24. The van der Waals surface area contributed by atoms with Crippen molar-refractivity contribution in [2.75, 3.05) is 16.8 Å². The van der Waals surface area contributed by atoms with Gasteiger partial charge >= 0.3 is 0 Å². The monoisotopic (exact) mass is 350 g/mol. The molecule has 2 unspecified atom stereocenters. The van der Waals surface area contributed by atoms with Gasteiger partial charge in [0.15, 0.2) is 0 Å². The maximum atomic E-state index is 12.9. The number of aryl methyl sites for hydroxylation is 3. The van der Waals surface area contributed by atoms with E-state index in [1.165, 1.54) is 0 Å². The number of rotatable bonds is 5. The third-order valence-corrected chi connectivity index (χ3v) is 4.99. The first-order valence-electron chi connectivity index (χ1n) is 9.17. The van der Waals surface area contributed by atoms with Crippen molar-refractivity contribution in [2.45, 2.75) is 34.1 Å². The summed E-state index contributed by atoms with van der Waals surface area (Å²) in [7, 11) is 0. The summed E-state index contributed by atoms with van der Waals surface area (Å²) in [4.78, 5) is 27.2. The van der Waals surface area contributed by atoms with Gasteiger partial charge in [-0.05, 0) is 69.0 Å². The predicted molar refractivity (Wildman–Crippen MR) is 105 cm³/mol. The van der Waals surface area contributed by atoms with E-state index in [0.29, 0.717) is 13.0 Å². The fourth-order valence-corrected chi connectivity index (χ4v) is 3.32. The van der Waals surface area contributed by atoms with Gasteiger partial charge in [0.25, 0.3) is 0 Å². The van der Waals surface area contributed by atoms with E-state index in [-0.39, 0.29) is 23.7 Å². The minimum absolute atomic E-state index is 0.0409. The van der Waals surface area contributed by atoms with E-state index < -0.39 is 0 Å². The van der Waals surface area contributed by atoms with Crippen molar-refractivity contribution in [1.29, 1.82) is 0 Å². The Bertz CT molecular complexity index is 844. The number of nitrogens with one attached hydrogen (secondary N) is 1. The summed E-state index contributed by atoms with van der Waals surface area (Å²) in [5.41, 5.74) is 4.99. The fraction of sp³-hybridized carbons (Fsp3) is 0.364. The van der Waals surface area contributed by atoms with Gasteiger partial charge in [0.05, 0.1) is 11.8 Å². The molecule has 2 aromatic rings. The molecular weight excluding hydrogens is 324 g/mol. The first-order chi connectivity index (χ1) is 12.4. The molecule has 0 spiro atoms. The third-order valence-electron chi connectivity index (χ3n) is 4.99. The van der Waals surface area contributed by atoms with Gasteiger partial charge in [-0.15, -0.1) is 0 Å². The van der Waals surface area contributed by atoms with Crippen molar-refractivity contribution >= 4 is 23.2 Å². The van der Waals surface area contributed by atoms with Crippen molar-refractivity contribution < 1.29 is 9.59 Å². The number of carbonyl (C=O) groups excluding carboxylic acids is 2. The van der Waals surface area contributed by atoms with Crippen LogP contribution in [0.4, 0.5) is 11.4 Å². The Balaban J connectivity index is 1.67. The zero-order chi connectivity index (χ0) is 18.8. The lowest BCUT2D eigenvalue weighted by molar-refractivity contribution is -0.123. The summed E-state index contributed by atoms with van der Waals surface area (Å²) < 4.78 is 0. The number of hydrogen-bond acceptors (Lipinski definition) is 2. The molecule has 2 aromatic carbocycles. The molecule has 0 bridgehead atoms. The van der Waals surface area contributed by atoms with Crippen molar-refractivity contribution in [3.63, 3.8) is 0 Å². The molecule has 0 saturated heterocycles. The van der Waals surface area contributed by atoms with Crippen LogP contribution in [0.15, 0.2) is 42.5 Å². The zero-order valence-electron chi connectivity index (χ0n) is 15.9. The topological polar surface area (TPSA) is 49.4 Å². The van der Waals surface area contributed by atoms with Crippen LogP contribution >= 0.6 is 0 Å². The number of amides is 2. The van der Waals surface area contributed by atoms with Gasteiger partial charge in [0.2, 0.25) is 11.8 Å². The summed E-state index contributed by atoms with van der Waals surface area (Å²) in [5.74, 6) is -0.474. The highest BCUT2D eigenvalue weighted by Gasteiger charge is 2.49. The van der Waals surface area contributed by atoms with E-state index in [2.05, 4.69) is 5.32 Å². The van der Waals surface area contributed by atoms with Crippen LogP contribution in [0.2, 0.25) is 0 Å². The van der Waals surface area contributed by atoms with Crippen LogP contribution in [0.25, 0.3) is 0 Å². The summed E-state index contributed by atoms with van der Waals surface area (Å²) in [6.45, 7) is 8.55. The van der Waals surface area contributed by atoms with Crippen LogP contribution in [0, 0.1) is 32.6 Å². The van der Waals surface area contributed by atoms with E-state index in [1.54, 1.807) is 4.90 Å². The lowest BCUT2D eigenvalue weighted by Gasteiger charge is -2.21. The van der Waals surface area contributed by atoms with Gasteiger partial charge in [-0.25, -0.2) is 0 Å². The summed E-state index contributed by atoms with van der Waals surface area (Å²) >= 11 is 0. The lowest BCUT2D eigenvalue weighted by Crippen LogP contribution is -2.33. The van der Waals surface area contributed by atoms with Gasteiger partial charge in [-0.2, -0.15) is 0 Å². The Morgan fingerprint density at radius 1 is 1.04 bits per heavy atom. The van der Waals surface area contributed by atoms with Crippen molar-refractivity contribution in [3.05, 3.63) is 59.2 Å². The summed E-state index contributed by atoms with van der Waals surface area (Å²) in [5, 5.41) is 2.99. The highest BCUT2D eigenvalue weighted by atomic mass is 16.2. The molecule has 2 amide bonds. The quantitative estimate of drug-likeness (QED) is 0.877. The first-order valence-corrected chi connectivity index (χ1v) is 9.17. The Kier molecular flexibility index (Phi) is 5.12. The molecular formula is C22H26N2O2. The summed E-state index contributed by atoms with van der Waals surface area (Å²) in [6.07, 6.45) is 0.623. The Labute approximate surface area is 155 Å². The van der Waals surface area contributed by atoms with E-state index in [4.69, 9.17) is 0 Å². The molecule has 0 radical (unpaired) electrons. The van der Waals surface area contributed by atoms with Crippen molar-refractivity contribution in [1.82, 2.24) is 0 Å². The molecule has 0 aromatic heterocycles. The smallest absolute Gasteiger partial charge is 0.230 e. The fourth-order valence-electron chi connectivity index (χ4n) is 3.32. The maximum absolute atomic E-state index is 12.9. The molecule has 136 valence electrons. The highest BCUT2D eigenvalue weighted by Crippen LogP contribution is 2.41. The minimum atomic E-state index is -0.235. The van der Waals surface area contributed by atoms with Crippen LogP contribution in [0.5, 0.6) is 0 Å². The minimum Gasteiger partial charge on any atom is -0.326 e. The molecule has 1 saturated carbocycles. The van der Waals surface area contributed by atoms with Crippen LogP contribution in [-0.2, 0) is 9.59 Å². The van der Waals surface area contributed by atoms with Crippen molar-refractivity contribution in [3.8, 4) is 0 Å². The van der Waals surface area contributed by atoms with Gasteiger partial charge in [0, 0.05) is 17.9 Å². The second kappa shape index (κ2) is 7.32.